The molecule has 0 spiro atoms. The third-order valence-corrected chi connectivity index (χ3v) is 5.37. The van der Waals surface area contributed by atoms with E-state index in [4.69, 9.17) is 14.2 Å². The number of thiazole rings is 1. The SMILES string of the molecule is COc1ccc(C(=O)NCC(=O)OCc2csc(N(C(C)=O)c3ccccc3OC)n2)cc1. The molecule has 0 fully saturated rings. The highest BCUT2D eigenvalue weighted by atomic mass is 32.1. The summed E-state index contributed by atoms with van der Waals surface area (Å²) in [6.07, 6.45) is 0. The van der Waals surface area contributed by atoms with Gasteiger partial charge in [-0.2, -0.15) is 0 Å². The van der Waals surface area contributed by atoms with Crippen LogP contribution in [0.5, 0.6) is 11.5 Å². The number of carbonyl (C=O) groups is 3. The topological polar surface area (TPSA) is 107 Å². The van der Waals surface area contributed by atoms with Gasteiger partial charge in [-0.1, -0.05) is 12.1 Å². The zero-order chi connectivity index (χ0) is 23.8. The first-order valence-electron chi connectivity index (χ1n) is 9.89. The number of aromatic nitrogens is 1. The fourth-order valence-corrected chi connectivity index (χ4v) is 3.75. The predicted octanol–water partition coefficient (Wildman–Crippen LogP) is 3.32. The number of rotatable bonds is 9. The molecule has 0 radical (unpaired) electrons. The number of nitrogens with zero attached hydrogens (tertiary/aromatic N) is 2. The van der Waals surface area contributed by atoms with Gasteiger partial charge >= 0.3 is 5.97 Å². The predicted molar refractivity (Wildman–Crippen MR) is 123 cm³/mol. The van der Waals surface area contributed by atoms with Crippen molar-refractivity contribution in [1.29, 1.82) is 0 Å². The van der Waals surface area contributed by atoms with Crippen LogP contribution in [-0.2, 0) is 20.9 Å². The molecule has 0 aliphatic carbocycles. The fourth-order valence-electron chi connectivity index (χ4n) is 2.89. The Balaban J connectivity index is 1.56. The molecule has 2 amide bonds. The average molecular weight is 470 g/mol. The summed E-state index contributed by atoms with van der Waals surface area (Å²) >= 11 is 1.24. The van der Waals surface area contributed by atoms with Crippen LogP contribution in [0.15, 0.2) is 53.9 Å². The molecule has 2 aromatic carbocycles. The largest absolute Gasteiger partial charge is 0.497 e. The Morgan fingerprint density at radius 3 is 2.42 bits per heavy atom. The van der Waals surface area contributed by atoms with Crippen molar-refractivity contribution in [3.8, 4) is 11.5 Å². The number of nitrogens with one attached hydrogen (secondary N) is 1. The first-order chi connectivity index (χ1) is 15.9. The lowest BCUT2D eigenvalue weighted by Crippen LogP contribution is -2.30. The number of anilines is 2. The summed E-state index contributed by atoms with van der Waals surface area (Å²) in [5.74, 6) is -0.0937. The highest BCUT2D eigenvalue weighted by molar-refractivity contribution is 7.14. The molecule has 172 valence electrons. The Kier molecular flexibility index (Phi) is 7.98. The first kappa shape index (κ1) is 23.7. The molecule has 0 aliphatic heterocycles. The minimum absolute atomic E-state index is 0.0919. The van der Waals surface area contributed by atoms with E-state index in [0.717, 1.165) is 0 Å². The number of methoxy groups -OCH3 is 2. The number of hydrogen-bond donors (Lipinski definition) is 1. The lowest BCUT2D eigenvalue weighted by atomic mass is 10.2. The van der Waals surface area contributed by atoms with Crippen molar-refractivity contribution in [2.45, 2.75) is 13.5 Å². The van der Waals surface area contributed by atoms with Gasteiger partial charge in [0.05, 0.1) is 25.6 Å². The molecule has 0 saturated heterocycles. The molecule has 0 aliphatic rings. The summed E-state index contributed by atoms with van der Waals surface area (Å²) in [6, 6.07) is 13.6. The van der Waals surface area contributed by atoms with Gasteiger partial charge in [-0.05, 0) is 36.4 Å². The van der Waals surface area contributed by atoms with Crippen molar-refractivity contribution in [3.05, 3.63) is 65.2 Å². The van der Waals surface area contributed by atoms with Crippen LogP contribution in [0.4, 0.5) is 10.8 Å². The molecule has 0 bridgehead atoms. The van der Waals surface area contributed by atoms with E-state index in [1.807, 2.05) is 0 Å². The molecule has 0 unspecified atom stereocenters. The second-order valence-corrected chi connectivity index (χ2v) is 7.56. The van der Waals surface area contributed by atoms with Gasteiger partial charge in [-0.15, -0.1) is 11.3 Å². The third-order valence-electron chi connectivity index (χ3n) is 4.50. The molecule has 1 N–H and O–H groups in total. The van der Waals surface area contributed by atoms with E-state index in [1.54, 1.807) is 53.9 Å². The van der Waals surface area contributed by atoms with Gasteiger partial charge in [0.25, 0.3) is 5.91 Å². The van der Waals surface area contributed by atoms with E-state index >= 15 is 0 Å². The quantitative estimate of drug-likeness (QED) is 0.479. The van der Waals surface area contributed by atoms with Crippen molar-refractivity contribution >= 4 is 39.9 Å². The Morgan fingerprint density at radius 1 is 1.03 bits per heavy atom. The monoisotopic (exact) mass is 469 g/mol. The standard InChI is InChI=1S/C23H23N3O6S/c1-15(27)26(19-6-4-5-7-20(19)31-3)23-25-17(14-33-23)13-32-21(28)12-24-22(29)16-8-10-18(30-2)11-9-16/h4-11,14H,12-13H2,1-3H3,(H,24,29). The number of para-hydroxylation sites is 2. The number of amides is 2. The molecular formula is C23H23N3O6S. The Morgan fingerprint density at radius 2 is 1.76 bits per heavy atom. The molecule has 9 nitrogen and oxygen atoms in total. The van der Waals surface area contributed by atoms with E-state index in [9.17, 15) is 14.4 Å². The number of benzene rings is 2. The molecule has 3 aromatic rings. The average Bonchev–Trinajstić information content (AvgIpc) is 3.29. The van der Waals surface area contributed by atoms with Crippen LogP contribution in [0.2, 0.25) is 0 Å². The van der Waals surface area contributed by atoms with E-state index in [1.165, 1.54) is 37.4 Å². The molecule has 1 heterocycles. The number of esters is 1. The van der Waals surface area contributed by atoms with Crippen LogP contribution in [0.3, 0.4) is 0 Å². The lowest BCUT2D eigenvalue weighted by Gasteiger charge is -2.20. The van der Waals surface area contributed by atoms with Crippen LogP contribution in [0.1, 0.15) is 23.0 Å². The summed E-state index contributed by atoms with van der Waals surface area (Å²) in [5.41, 5.74) is 1.44. The zero-order valence-corrected chi connectivity index (χ0v) is 19.2. The van der Waals surface area contributed by atoms with Crippen molar-refractivity contribution in [2.24, 2.45) is 0 Å². The van der Waals surface area contributed by atoms with Crippen LogP contribution in [0.25, 0.3) is 0 Å². The molecule has 0 atom stereocenters. The highest BCUT2D eigenvalue weighted by Gasteiger charge is 2.21. The van der Waals surface area contributed by atoms with Gasteiger partial charge in [0.1, 0.15) is 24.7 Å². The molecule has 33 heavy (non-hydrogen) atoms. The van der Waals surface area contributed by atoms with Crippen molar-refractivity contribution in [3.63, 3.8) is 0 Å². The Bertz CT molecular complexity index is 1130. The van der Waals surface area contributed by atoms with Crippen LogP contribution < -0.4 is 19.7 Å². The molecular weight excluding hydrogens is 446 g/mol. The number of hydrogen-bond acceptors (Lipinski definition) is 8. The minimum atomic E-state index is -0.612. The van der Waals surface area contributed by atoms with E-state index in [0.29, 0.717) is 33.6 Å². The van der Waals surface area contributed by atoms with Crippen LogP contribution >= 0.6 is 11.3 Å². The van der Waals surface area contributed by atoms with Crippen LogP contribution in [0, 0.1) is 0 Å². The summed E-state index contributed by atoms with van der Waals surface area (Å²) in [5, 5.41) is 4.63. The Hall–Kier alpha value is -3.92. The maximum atomic E-state index is 12.3. The second-order valence-electron chi connectivity index (χ2n) is 6.72. The van der Waals surface area contributed by atoms with Crippen molar-refractivity contribution < 1.29 is 28.6 Å². The van der Waals surface area contributed by atoms with Gasteiger partial charge in [-0.3, -0.25) is 19.3 Å². The van der Waals surface area contributed by atoms with E-state index in [-0.39, 0.29) is 19.1 Å². The third kappa shape index (κ3) is 6.07. The van der Waals surface area contributed by atoms with Gasteiger partial charge < -0.3 is 19.5 Å². The van der Waals surface area contributed by atoms with Crippen LogP contribution in [-0.4, -0.2) is 43.5 Å². The first-order valence-corrected chi connectivity index (χ1v) is 10.8. The number of carbonyl (C=O) groups excluding carboxylic acids is 3. The summed E-state index contributed by atoms with van der Waals surface area (Å²) in [6.45, 7) is 1.05. The summed E-state index contributed by atoms with van der Waals surface area (Å²) in [4.78, 5) is 42.3. The highest BCUT2D eigenvalue weighted by Crippen LogP contribution is 2.35. The van der Waals surface area contributed by atoms with Crippen molar-refractivity contribution in [2.75, 3.05) is 25.7 Å². The van der Waals surface area contributed by atoms with Gasteiger partial charge in [0, 0.05) is 17.9 Å². The smallest absolute Gasteiger partial charge is 0.325 e. The Labute approximate surface area is 194 Å². The fraction of sp³-hybridized carbons (Fsp3) is 0.217. The van der Waals surface area contributed by atoms with Gasteiger partial charge in [0.2, 0.25) is 5.91 Å². The normalized spacial score (nSPS) is 10.3. The zero-order valence-electron chi connectivity index (χ0n) is 18.4. The molecule has 1 aromatic heterocycles. The second kappa shape index (κ2) is 11.1. The molecule has 0 saturated carbocycles. The van der Waals surface area contributed by atoms with Gasteiger partial charge in [-0.25, -0.2) is 4.98 Å². The van der Waals surface area contributed by atoms with Crippen molar-refractivity contribution in [1.82, 2.24) is 10.3 Å². The summed E-state index contributed by atoms with van der Waals surface area (Å²) < 4.78 is 15.6. The maximum absolute atomic E-state index is 12.3. The lowest BCUT2D eigenvalue weighted by molar-refractivity contribution is -0.143. The minimum Gasteiger partial charge on any atom is -0.497 e. The van der Waals surface area contributed by atoms with E-state index in [2.05, 4.69) is 10.3 Å². The van der Waals surface area contributed by atoms with Gasteiger partial charge in [0.15, 0.2) is 5.13 Å². The molecule has 3 rings (SSSR count). The number of ether oxygens (including phenoxy) is 3. The van der Waals surface area contributed by atoms with E-state index < -0.39 is 11.9 Å². The maximum Gasteiger partial charge on any atom is 0.325 e. The summed E-state index contributed by atoms with van der Waals surface area (Å²) in [7, 11) is 3.06. The molecule has 10 heteroatoms.